The molecule has 1 aliphatic rings. The summed E-state index contributed by atoms with van der Waals surface area (Å²) in [5.41, 5.74) is 6.32. The predicted octanol–water partition coefficient (Wildman–Crippen LogP) is 2.79. The molecule has 90 valence electrons. The minimum atomic E-state index is 0.302. The fourth-order valence-corrected chi connectivity index (χ4v) is 3.73. The number of nitrogens with zero attached hydrogens (tertiary/aromatic N) is 1. The Balaban J connectivity index is 2.21. The number of likely N-dealkylation sites (tertiary alicyclic amines) is 1. The van der Waals surface area contributed by atoms with Crippen LogP contribution in [0.15, 0.2) is 12.1 Å². The van der Waals surface area contributed by atoms with Gasteiger partial charge in [-0.15, -0.1) is 11.3 Å². The lowest BCUT2D eigenvalue weighted by molar-refractivity contribution is 0.233. The molecule has 2 nitrogen and oxygen atoms in total. The number of nitrogens with two attached hydrogens (primary N) is 1. The molecule has 3 heteroatoms. The van der Waals surface area contributed by atoms with Crippen molar-refractivity contribution < 1.29 is 0 Å². The molecule has 0 spiro atoms. The quantitative estimate of drug-likeness (QED) is 0.858. The van der Waals surface area contributed by atoms with Gasteiger partial charge in [0, 0.05) is 15.8 Å². The molecule has 2 atom stereocenters. The van der Waals surface area contributed by atoms with Gasteiger partial charge in [0.2, 0.25) is 0 Å². The van der Waals surface area contributed by atoms with Gasteiger partial charge in [0.15, 0.2) is 0 Å². The van der Waals surface area contributed by atoms with Crippen molar-refractivity contribution >= 4 is 11.3 Å². The smallest absolute Gasteiger partial charge is 0.0591 e. The molecule has 0 amide bonds. The van der Waals surface area contributed by atoms with Crippen molar-refractivity contribution in [2.45, 2.75) is 44.7 Å². The summed E-state index contributed by atoms with van der Waals surface area (Å²) in [4.78, 5) is 5.36. The third-order valence-electron chi connectivity index (χ3n) is 3.50. The van der Waals surface area contributed by atoms with E-state index in [9.17, 15) is 0 Å². The molecule has 0 radical (unpaired) electrons. The van der Waals surface area contributed by atoms with Gasteiger partial charge >= 0.3 is 0 Å². The lowest BCUT2D eigenvalue weighted by atomic mass is 10.0. The molecule has 0 bridgehead atoms. The Morgan fingerprint density at radius 3 is 2.94 bits per heavy atom. The van der Waals surface area contributed by atoms with E-state index in [1.54, 1.807) is 0 Å². The molecule has 1 aromatic heterocycles. The molecule has 0 saturated carbocycles. The zero-order valence-corrected chi connectivity index (χ0v) is 11.1. The van der Waals surface area contributed by atoms with Crippen LogP contribution in [0.1, 0.15) is 42.0 Å². The number of hydrogen-bond acceptors (Lipinski definition) is 3. The molecule has 1 saturated heterocycles. The first-order valence-electron chi connectivity index (χ1n) is 6.26. The van der Waals surface area contributed by atoms with Crippen LogP contribution in [0.2, 0.25) is 0 Å². The van der Waals surface area contributed by atoms with Crippen molar-refractivity contribution in [1.29, 1.82) is 0 Å². The summed E-state index contributed by atoms with van der Waals surface area (Å²) in [7, 11) is 2.21. The van der Waals surface area contributed by atoms with E-state index in [4.69, 9.17) is 5.73 Å². The summed E-state index contributed by atoms with van der Waals surface area (Å²) >= 11 is 1.93. The van der Waals surface area contributed by atoms with Crippen LogP contribution in [0, 0.1) is 0 Å². The van der Waals surface area contributed by atoms with Crippen LogP contribution in [-0.2, 0) is 6.42 Å². The Hall–Kier alpha value is -0.380. The van der Waals surface area contributed by atoms with E-state index >= 15 is 0 Å². The Morgan fingerprint density at radius 1 is 1.44 bits per heavy atom. The number of likely N-dealkylation sites (N-methyl/N-ethyl adjacent to an activating group) is 1. The summed E-state index contributed by atoms with van der Waals surface area (Å²) in [6.45, 7) is 3.39. The Morgan fingerprint density at radius 2 is 2.25 bits per heavy atom. The molecule has 2 unspecified atom stereocenters. The summed E-state index contributed by atoms with van der Waals surface area (Å²) in [6, 6.07) is 5.27. The molecule has 0 aliphatic carbocycles. The highest BCUT2D eigenvalue weighted by molar-refractivity contribution is 7.12. The zero-order valence-electron chi connectivity index (χ0n) is 10.3. The third kappa shape index (κ3) is 2.47. The average molecular weight is 238 g/mol. The summed E-state index contributed by atoms with van der Waals surface area (Å²) in [5, 5.41) is 0. The zero-order chi connectivity index (χ0) is 11.5. The minimum Gasteiger partial charge on any atom is -0.326 e. The Kier molecular flexibility index (Phi) is 4.00. The summed E-state index contributed by atoms with van der Waals surface area (Å²) in [6.07, 6.45) is 4.85. The predicted molar refractivity (Wildman–Crippen MR) is 70.9 cm³/mol. The number of rotatable bonds is 2. The van der Waals surface area contributed by atoms with Gasteiger partial charge in [-0.05, 0) is 45.0 Å². The molecule has 0 aromatic carbocycles. The van der Waals surface area contributed by atoms with Crippen LogP contribution in [0.5, 0.6) is 0 Å². The molecule has 1 aliphatic heterocycles. The summed E-state index contributed by atoms with van der Waals surface area (Å²) < 4.78 is 0. The standard InChI is InChI=1S/C13H22N2S/c1-3-10-7-8-12(16-10)13-11(14)6-4-5-9-15(13)2/h7-8,11,13H,3-6,9,14H2,1-2H3. The van der Waals surface area contributed by atoms with Crippen LogP contribution in [-0.4, -0.2) is 24.5 Å². The Bertz CT molecular complexity index is 322. The van der Waals surface area contributed by atoms with Crippen LogP contribution in [0.4, 0.5) is 0 Å². The van der Waals surface area contributed by atoms with E-state index in [-0.39, 0.29) is 0 Å². The highest BCUT2D eigenvalue weighted by Gasteiger charge is 2.27. The lowest BCUT2D eigenvalue weighted by Gasteiger charge is -2.29. The van der Waals surface area contributed by atoms with Gasteiger partial charge in [-0.2, -0.15) is 0 Å². The first kappa shape index (κ1) is 12.1. The maximum atomic E-state index is 6.32. The molecule has 2 rings (SSSR count). The largest absolute Gasteiger partial charge is 0.326 e. The van der Waals surface area contributed by atoms with Gasteiger partial charge in [0.1, 0.15) is 0 Å². The molecular weight excluding hydrogens is 216 g/mol. The third-order valence-corrected chi connectivity index (χ3v) is 4.80. The molecule has 2 heterocycles. The van der Waals surface area contributed by atoms with Gasteiger partial charge in [-0.1, -0.05) is 13.3 Å². The average Bonchev–Trinajstić information content (AvgIpc) is 2.67. The highest BCUT2D eigenvalue weighted by Crippen LogP contribution is 2.32. The first-order chi connectivity index (χ1) is 7.72. The van der Waals surface area contributed by atoms with Crippen molar-refractivity contribution in [2.75, 3.05) is 13.6 Å². The lowest BCUT2D eigenvalue weighted by Crippen LogP contribution is -2.37. The van der Waals surface area contributed by atoms with Crippen LogP contribution in [0.3, 0.4) is 0 Å². The van der Waals surface area contributed by atoms with Crippen molar-refractivity contribution in [2.24, 2.45) is 5.73 Å². The number of thiophene rings is 1. The second kappa shape index (κ2) is 5.30. The van der Waals surface area contributed by atoms with Gasteiger partial charge in [-0.3, -0.25) is 4.90 Å². The van der Waals surface area contributed by atoms with Gasteiger partial charge in [0.05, 0.1) is 6.04 Å². The highest BCUT2D eigenvalue weighted by atomic mass is 32.1. The van der Waals surface area contributed by atoms with E-state index in [0.717, 1.165) is 12.8 Å². The maximum Gasteiger partial charge on any atom is 0.0591 e. The van der Waals surface area contributed by atoms with E-state index < -0.39 is 0 Å². The number of aryl methyl sites for hydroxylation is 1. The fourth-order valence-electron chi connectivity index (χ4n) is 2.54. The normalized spacial score (nSPS) is 27.9. The van der Waals surface area contributed by atoms with Crippen molar-refractivity contribution in [3.05, 3.63) is 21.9 Å². The Labute approximate surface area is 102 Å². The van der Waals surface area contributed by atoms with E-state index in [1.807, 2.05) is 11.3 Å². The second-order valence-corrected chi connectivity index (χ2v) is 5.94. The minimum absolute atomic E-state index is 0.302. The molecule has 2 N–H and O–H groups in total. The van der Waals surface area contributed by atoms with Crippen molar-refractivity contribution in [3.8, 4) is 0 Å². The molecular formula is C13H22N2S. The maximum absolute atomic E-state index is 6.32. The SMILES string of the molecule is CCc1ccc(C2C(N)CCCCN2C)s1. The van der Waals surface area contributed by atoms with Gasteiger partial charge < -0.3 is 5.73 Å². The van der Waals surface area contributed by atoms with E-state index in [1.165, 1.54) is 29.1 Å². The van der Waals surface area contributed by atoms with Gasteiger partial charge in [0.25, 0.3) is 0 Å². The van der Waals surface area contributed by atoms with Gasteiger partial charge in [-0.25, -0.2) is 0 Å². The van der Waals surface area contributed by atoms with E-state index in [0.29, 0.717) is 12.1 Å². The van der Waals surface area contributed by atoms with Crippen LogP contribution >= 0.6 is 11.3 Å². The van der Waals surface area contributed by atoms with E-state index in [2.05, 4.69) is 31.0 Å². The van der Waals surface area contributed by atoms with Crippen LogP contribution < -0.4 is 5.73 Å². The number of hydrogen-bond donors (Lipinski definition) is 1. The molecule has 1 fully saturated rings. The molecule has 1 aromatic rings. The first-order valence-corrected chi connectivity index (χ1v) is 7.08. The summed E-state index contributed by atoms with van der Waals surface area (Å²) in [5.74, 6) is 0. The topological polar surface area (TPSA) is 29.3 Å². The molecule has 16 heavy (non-hydrogen) atoms. The van der Waals surface area contributed by atoms with Crippen LogP contribution in [0.25, 0.3) is 0 Å². The second-order valence-electron chi connectivity index (χ2n) is 4.74. The van der Waals surface area contributed by atoms with Crippen molar-refractivity contribution in [3.63, 3.8) is 0 Å². The van der Waals surface area contributed by atoms with Crippen molar-refractivity contribution in [1.82, 2.24) is 4.90 Å². The monoisotopic (exact) mass is 238 g/mol. The fraction of sp³-hybridized carbons (Fsp3) is 0.692.